The maximum atomic E-state index is 5.87. The Morgan fingerprint density at radius 1 is 0.750 bits per heavy atom. The Balaban J connectivity index is 0. The van der Waals surface area contributed by atoms with Crippen molar-refractivity contribution in [1.29, 1.82) is 0 Å². The second-order valence-corrected chi connectivity index (χ2v) is 4.84. The molecule has 120 valence electrons. The molecule has 0 aliphatic heterocycles. The van der Waals surface area contributed by atoms with Crippen LogP contribution in [-0.2, 0) is 35.9 Å². The molecule has 0 aromatic carbocycles. The molecule has 0 saturated carbocycles. The molecule has 0 aromatic heterocycles. The molecule has 1 unspecified atom stereocenters. The van der Waals surface area contributed by atoms with Gasteiger partial charge in [-0.1, -0.05) is 59.7 Å². The van der Waals surface area contributed by atoms with Gasteiger partial charge in [-0.05, 0) is 25.4 Å². The second-order valence-electron chi connectivity index (χ2n) is 4.84. The molecule has 0 heterocycles. The van der Waals surface area contributed by atoms with Crippen molar-refractivity contribution in [3.05, 3.63) is 6.29 Å². The standard InChI is InChI=1S/C16H33O3.Ti/c1-5-9-12-17-15(8-4)16(18-13-10-6-2)19-14-11-7-3;/h15H,5-14H2,1-4H3;/q-1;. The molecule has 0 fully saturated rings. The normalized spacial score (nSPS) is 12.4. The molecule has 0 N–H and O–H groups in total. The molecular formula is C16H33O3Ti-. The first-order valence-electron chi connectivity index (χ1n) is 8.04. The van der Waals surface area contributed by atoms with Crippen LogP contribution in [0, 0.1) is 6.29 Å². The minimum absolute atomic E-state index is 0. The van der Waals surface area contributed by atoms with Gasteiger partial charge in [0.2, 0.25) is 0 Å². The monoisotopic (exact) mass is 321 g/mol. The molecule has 0 amide bonds. The van der Waals surface area contributed by atoms with Gasteiger partial charge in [0.05, 0.1) is 0 Å². The maximum Gasteiger partial charge on any atom is 0.0436 e. The van der Waals surface area contributed by atoms with Crippen molar-refractivity contribution < 1.29 is 35.9 Å². The van der Waals surface area contributed by atoms with Gasteiger partial charge < -0.3 is 14.2 Å². The van der Waals surface area contributed by atoms with E-state index in [1.165, 1.54) is 0 Å². The van der Waals surface area contributed by atoms with E-state index in [1.807, 2.05) is 0 Å². The van der Waals surface area contributed by atoms with Crippen LogP contribution in [0.2, 0.25) is 0 Å². The van der Waals surface area contributed by atoms with E-state index in [0.717, 1.165) is 64.8 Å². The van der Waals surface area contributed by atoms with Crippen molar-refractivity contribution in [3.8, 4) is 0 Å². The summed E-state index contributed by atoms with van der Waals surface area (Å²) in [6.45, 7) is 10.9. The van der Waals surface area contributed by atoms with E-state index in [-0.39, 0.29) is 27.8 Å². The Morgan fingerprint density at radius 3 is 1.60 bits per heavy atom. The average Bonchev–Trinajstić information content (AvgIpc) is 2.43. The topological polar surface area (TPSA) is 27.7 Å². The zero-order valence-corrected chi connectivity index (χ0v) is 15.4. The summed E-state index contributed by atoms with van der Waals surface area (Å²) in [5, 5.41) is 0. The van der Waals surface area contributed by atoms with Crippen LogP contribution in [0.4, 0.5) is 0 Å². The van der Waals surface area contributed by atoms with Gasteiger partial charge in [0.1, 0.15) is 0 Å². The van der Waals surface area contributed by atoms with Crippen molar-refractivity contribution >= 4 is 0 Å². The van der Waals surface area contributed by atoms with Gasteiger partial charge in [0.15, 0.2) is 0 Å². The van der Waals surface area contributed by atoms with Crippen LogP contribution < -0.4 is 0 Å². The SMILES string of the molecule is CCCCO[C-](OCCCC)C(CC)OCCCC.[Ti]. The van der Waals surface area contributed by atoms with Crippen LogP contribution in [0.3, 0.4) is 0 Å². The van der Waals surface area contributed by atoms with Crippen molar-refractivity contribution in [3.63, 3.8) is 0 Å². The summed E-state index contributed by atoms with van der Waals surface area (Å²) in [7, 11) is 0. The molecule has 1 atom stereocenters. The fourth-order valence-corrected chi connectivity index (χ4v) is 1.58. The molecule has 4 heteroatoms. The van der Waals surface area contributed by atoms with Gasteiger partial charge in [0, 0.05) is 41.5 Å². The largest absolute Gasteiger partial charge is 0.519 e. The van der Waals surface area contributed by atoms with Crippen LogP contribution in [0.25, 0.3) is 0 Å². The number of hydrogen-bond donors (Lipinski definition) is 0. The molecule has 0 radical (unpaired) electrons. The molecular weight excluding hydrogens is 288 g/mol. The quantitative estimate of drug-likeness (QED) is 0.264. The van der Waals surface area contributed by atoms with Crippen LogP contribution >= 0.6 is 0 Å². The fraction of sp³-hybridized carbons (Fsp3) is 0.938. The third-order valence-corrected chi connectivity index (χ3v) is 2.94. The molecule has 0 saturated heterocycles. The van der Waals surface area contributed by atoms with Gasteiger partial charge >= 0.3 is 0 Å². The zero-order valence-electron chi connectivity index (χ0n) is 13.9. The maximum absolute atomic E-state index is 5.87. The van der Waals surface area contributed by atoms with E-state index in [0.29, 0.717) is 6.29 Å². The van der Waals surface area contributed by atoms with Gasteiger partial charge in [-0.2, -0.15) is 0 Å². The summed E-state index contributed by atoms with van der Waals surface area (Å²) in [6.07, 6.45) is 8.22. The Labute approximate surface area is 141 Å². The Morgan fingerprint density at radius 2 is 1.20 bits per heavy atom. The van der Waals surface area contributed by atoms with E-state index in [9.17, 15) is 0 Å². The van der Waals surface area contributed by atoms with E-state index < -0.39 is 0 Å². The number of rotatable bonds is 14. The van der Waals surface area contributed by atoms with Crippen LogP contribution in [-0.4, -0.2) is 25.9 Å². The first-order valence-corrected chi connectivity index (χ1v) is 8.04. The fourth-order valence-electron chi connectivity index (χ4n) is 1.58. The van der Waals surface area contributed by atoms with Crippen molar-refractivity contribution in [2.24, 2.45) is 0 Å². The summed E-state index contributed by atoms with van der Waals surface area (Å²) in [4.78, 5) is 0. The second kappa shape index (κ2) is 17.6. The minimum Gasteiger partial charge on any atom is -0.519 e. The third-order valence-electron chi connectivity index (χ3n) is 2.94. The summed E-state index contributed by atoms with van der Waals surface area (Å²) in [5.74, 6) is 0. The molecule has 0 aromatic rings. The van der Waals surface area contributed by atoms with E-state index >= 15 is 0 Å². The summed E-state index contributed by atoms with van der Waals surface area (Å²) >= 11 is 0. The van der Waals surface area contributed by atoms with E-state index in [4.69, 9.17) is 14.2 Å². The molecule has 0 spiro atoms. The number of unbranched alkanes of at least 4 members (excludes halogenated alkanes) is 3. The molecule has 0 aliphatic rings. The Bertz CT molecular complexity index is 169. The minimum atomic E-state index is -0.0136. The predicted octanol–water partition coefficient (Wildman–Crippen LogP) is 4.70. The Kier molecular flexibility index (Phi) is 20.2. The molecule has 20 heavy (non-hydrogen) atoms. The Hall–Kier alpha value is 0.594. The van der Waals surface area contributed by atoms with Crippen LogP contribution in [0.1, 0.15) is 72.6 Å². The van der Waals surface area contributed by atoms with Gasteiger partial charge in [-0.15, -0.1) is 0 Å². The van der Waals surface area contributed by atoms with Crippen LogP contribution in [0.15, 0.2) is 0 Å². The first-order chi connectivity index (χ1) is 9.29. The van der Waals surface area contributed by atoms with Gasteiger partial charge in [0.25, 0.3) is 0 Å². The van der Waals surface area contributed by atoms with Gasteiger partial charge in [-0.25, -0.2) is 0 Å². The van der Waals surface area contributed by atoms with Crippen molar-refractivity contribution in [2.75, 3.05) is 19.8 Å². The van der Waals surface area contributed by atoms with Crippen molar-refractivity contribution in [2.45, 2.75) is 78.7 Å². The molecule has 0 bridgehead atoms. The smallest absolute Gasteiger partial charge is 0.0436 e. The zero-order chi connectivity index (χ0) is 14.3. The average molecular weight is 321 g/mol. The third kappa shape index (κ3) is 12.3. The predicted molar refractivity (Wildman–Crippen MR) is 79.9 cm³/mol. The summed E-state index contributed by atoms with van der Waals surface area (Å²) in [5.41, 5.74) is 0. The summed E-state index contributed by atoms with van der Waals surface area (Å²) < 4.78 is 17.4. The van der Waals surface area contributed by atoms with Gasteiger partial charge in [-0.3, -0.25) is 0 Å². The molecule has 0 aliphatic carbocycles. The van der Waals surface area contributed by atoms with Crippen LogP contribution in [0.5, 0.6) is 0 Å². The molecule has 0 rings (SSSR count). The van der Waals surface area contributed by atoms with E-state index in [1.54, 1.807) is 0 Å². The number of ether oxygens (including phenoxy) is 3. The van der Waals surface area contributed by atoms with E-state index in [2.05, 4.69) is 27.7 Å². The summed E-state index contributed by atoms with van der Waals surface area (Å²) in [6, 6.07) is 0. The number of hydrogen-bond acceptors (Lipinski definition) is 3. The molecule has 3 nitrogen and oxygen atoms in total. The first kappa shape index (κ1) is 22.9. The van der Waals surface area contributed by atoms with Crippen molar-refractivity contribution in [1.82, 2.24) is 0 Å².